The third kappa shape index (κ3) is 3.82. The highest BCUT2D eigenvalue weighted by atomic mass is 15.7. The molecule has 2 heterocycles. The molecule has 0 aliphatic carbocycles. The summed E-state index contributed by atoms with van der Waals surface area (Å²) < 4.78 is 4.76. The fourth-order valence-electron chi connectivity index (χ4n) is 6.87. The second kappa shape index (κ2) is 9.86. The van der Waals surface area contributed by atoms with Crippen molar-refractivity contribution in [1.29, 1.82) is 0 Å². The number of para-hydroxylation sites is 3. The average molecular weight is 563 g/mol. The zero-order valence-corrected chi connectivity index (χ0v) is 24.1. The summed E-state index contributed by atoms with van der Waals surface area (Å²) in [5, 5.41) is 5.06. The minimum absolute atomic E-state index is 1.17. The van der Waals surface area contributed by atoms with Crippen LogP contribution in [0, 0.1) is 0 Å². The summed E-state index contributed by atoms with van der Waals surface area (Å²) in [6.07, 6.45) is 0. The Labute approximate surface area is 255 Å². The zero-order chi connectivity index (χ0) is 29.0. The van der Waals surface area contributed by atoms with Crippen LogP contribution in [0.1, 0.15) is 0 Å². The van der Waals surface area contributed by atoms with Gasteiger partial charge in [0.2, 0.25) is 0 Å². The second-order valence-electron chi connectivity index (χ2n) is 11.4. The van der Waals surface area contributed by atoms with Gasteiger partial charge in [-0.2, -0.15) is 0 Å². The maximum absolute atomic E-state index is 2.39. The van der Waals surface area contributed by atoms with E-state index in [1.54, 1.807) is 0 Å². The molecule has 0 amide bonds. The van der Waals surface area contributed by atoms with Crippen LogP contribution in [0.4, 0.5) is 0 Å². The molecule has 0 saturated carbocycles. The Morgan fingerprint density at radius 3 is 1.18 bits per heavy atom. The van der Waals surface area contributed by atoms with Gasteiger partial charge in [-0.25, -0.2) is 0 Å². The van der Waals surface area contributed by atoms with Crippen molar-refractivity contribution < 1.29 is 0 Å². The first-order chi connectivity index (χ1) is 21.8. The molecule has 0 aliphatic rings. The molecule has 0 saturated heterocycles. The van der Waals surface area contributed by atoms with Crippen LogP contribution in [0.15, 0.2) is 170 Å². The van der Waals surface area contributed by atoms with Gasteiger partial charge >= 0.3 is 0 Å². The lowest BCUT2D eigenvalue weighted by Crippen LogP contribution is -1.93. The predicted octanol–water partition coefficient (Wildman–Crippen LogP) is 11.2. The van der Waals surface area contributed by atoms with Crippen LogP contribution in [-0.2, 0) is 0 Å². The van der Waals surface area contributed by atoms with E-state index in [9.17, 15) is 0 Å². The fourth-order valence-corrected chi connectivity index (χ4v) is 6.87. The Hall–Kier alpha value is -5.86. The number of fused-ring (bicyclic) bond motifs is 6. The summed E-state index contributed by atoms with van der Waals surface area (Å²) in [6.45, 7) is 0. The minimum Gasteiger partial charge on any atom is -0.309 e. The maximum Gasteiger partial charge on any atom is 0.0541 e. The molecule has 0 spiro atoms. The van der Waals surface area contributed by atoms with Gasteiger partial charge in [0.1, 0.15) is 0 Å². The van der Waals surface area contributed by atoms with Crippen molar-refractivity contribution in [2.24, 2.45) is 0 Å². The van der Waals surface area contributed by atoms with Crippen LogP contribution in [0.5, 0.6) is 0 Å². The highest BCUT2D eigenvalue weighted by molar-refractivity contribution is 6.12. The molecule has 0 N–H and O–H groups in total. The molecule has 0 bridgehead atoms. The molecule has 2 heteroatoms. The predicted molar refractivity (Wildman–Crippen MR) is 186 cm³/mol. The van der Waals surface area contributed by atoms with Crippen molar-refractivity contribution in [2.75, 3.05) is 0 Å². The normalized spacial score (nSPS) is 11.6. The van der Waals surface area contributed by atoms with Gasteiger partial charge in [0.15, 0.2) is 0 Å². The molecule has 7 aromatic carbocycles. The van der Waals surface area contributed by atoms with E-state index in [0.29, 0.717) is 0 Å². The SMILES string of the molecule is c1ccc(-c2ccc(-[15n]3c4ccccc4c4cc(-c5ccc6c(c5)c5ccccc5[15n]6-c5ccccc5)ccc43)cc2)cc1. The van der Waals surface area contributed by atoms with Crippen LogP contribution in [0.2, 0.25) is 0 Å². The molecule has 9 aromatic rings. The van der Waals surface area contributed by atoms with E-state index in [2.05, 4.69) is 179 Å². The van der Waals surface area contributed by atoms with Crippen molar-refractivity contribution in [3.63, 3.8) is 0 Å². The Morgan fingerprint density at radius 1 is 0.250 bits per heavy atom. The summed E-state index contributed by atoms with van der Waals surface area (Å²) in [7, 11) is 0. The first-order valence-electron chi connectivity index (χ1n) is 15.1. The van der Waals surface area contributed by atoms with E-state index in [0.717, 1.165) is 0 Å². The lowest BCUT2D eigenvalue weighted by molar-refractivity contribution is 1.18. The minimum atomic E-state index is 1.17. The molecule has 0 unspecified atom stereocenters. The van der Waals surface area contributed by atoms with Crippen LogP contribution >= 0.6 is 0 Å². The third-order valence-electron chi connectivity index (χ3n) is 8.93. The maximum atomic E-state index is 2.39. The molecule has 2 aromatic heterocycles. The van der Waals surface area contributed by atoms with Gasteiger partial charge in [0.05, 0.1) is 22.1 Å². The van der Waals surface area contributed by atoms with E-state index >= 15 is 0 Å². The van der Waals surface area contributed by atoms with Gasteiger partial charge in [-0.3, -0.25) is 0 Å². The van der Waals surface area contributed by atoms with Crippen LogP contribution in [-0.4, -0.2) is 9.13 Å². The standard InChI is InChI=1S/C42H28N2/c1-3-11-29(12-4-1)30-19-23-34(24-20-30)44-40-18-10-8-16-36(40)38-28-32(22-26-42(38)44)31-21-25-41-37(27-31)35-15-7-9-17-39(35)43(41)33-13-5-2-6-14-33/h1-28H/i43+1,44+1. The Bertz CT molecular complexity index is 2460. The van der Waals surface area contributed by atoms with Crippen LogP contribution < -0.4 is 0 Å². The van der Waals surface area contributed by atoms with Crippen molar-refractivity contribution in [3.8, 4) is 33.6 Å². The van der Waals surface area contributed by atoms with Gasteiger partial charge in [0, 0.05) is 32.9 Å². The lowest BCUT2D eigenvalue weighted by atomic mass is 10.0. The summed E-state index contributed by atoms with van der Waals surface area (Å²) in [5.74, 6) is 0. The van der Waals surface area contributed by atoms with E-state index in [1.807, 2.05) is 0 Å². The summed E-state index contributed by atoms with van der Waals surface area (Å²) in [4.78, 5) is 0. The molecule has 0 aliphatic heterocycles. The first kappa shape index (κ1) is 24.7. The number of hydrogen-bond donors (Lipinski definition) is 0. The van der Waals surface area contributed by atoms with E-state index in [4.69, 9.17) is 0 Å². The average Bonchev–Trinajstić information content (AvgIpc) is 3.61. The smallest absolute Gasteiger partial charge is 0.0541 e. The van der Waals surface area contributed by atoms with Crippen LogP contribution in [0.25, 0.3) is 77.2 Å². The molecule has 0 atom stereocenters. The summed E-state index contributed by atoms with van der Waals surface area (Å²) in [6, 6.07) is 61.4. The summed E-state index contributed by atoms with van der Waals surface area (Å²) in [5.41, 5.74) is 12.1. The number of benzene rings is 7. The highest BCUT2D eigenvalue weighted by Crippen LogP contribution is 2.38. The van der Waals surface area contributed by atoms with Crippen molar-refractivity contribution in [1.82, 2.24) is 9.13 Å². The number of hydrogen-bond acceptors (Lipinski definition) is 0. The monoisotopic (exact) mass is 562 g/mol. The fraction of sp³-hybridized carbons (Fsp3) is 0. The molecule has 44 heavy (non-hydrogen) atoms. The van der Waals surface area contributed by atoms with Gasteiger partial charge in [-0.1, -0.05) is 109 Å². The molecule has 0 radical (unpaired) electrons. The molecular formula is C42H28N2. The second-order valence-corrected chi connectivity index (χ2v) is 11.4. The van der Waals surface area contributed by atoms with Gasteiger partial charge < -0.3 is 9.13 Å². The van der Waals surface area contributed by atoms with Crippen molar-refractivity contribution in [3.05, 3.63) is 170 Å². The van der Waals surface area contributed by atoms with Gasteiger partial charge in [0.25, 0.3) is 0 Å². The number of rotatable bonds is 4. The quantitative estimate of drug-likeness (QED) is 0.202. The largest absolute Gasteiger partial charge is 0.309 e. The third-order valence-corrected chi connectivity index (χ3v) is 8.93. The molecule has 0 fully saturated rings. The van der Waals surface area contributed by atoms with Crippen molar-refractivity contribution >= 4 is 43.6 Å². The van der Waals surface area contributed by atoms with E-state index in [1.165, 1.54) is 77.2 Å². The topological polar surface area (TPSA) is 9.86 Å². The molecule has 2 nitrogen and oxygen atoms in total. The van der Waals surface area contributed by atoms with Crippen LogP contribution in [0.3, 0.4) is 0 Å². The van der Waals surface area contributed by atoms with Crippen molar-refractivity contribution in [2.45, 2.75) is 0 Å². The number of aromatic nitrogens is 2. The molecular weight excluding hydrogens is 534 g/mol. The van der Waals surface area contributed by atoms with E-state index in [-0.39, 0.29) is 0 Å². The van der Waals surface area contributed by atoms with Gasteiger partial charge in [-0.05, 0) is 82.9 Å². The van der Waals surface area contributed by atoms with Gasteiger partial charge in [-0.15, -0.1) is 0 Å². The Kier molecular flexibility index (Phi) is 5.54. The van der Waals surface area contributed by atoms with E-state index < -0.39 is 0 Å². The Morgan fingerprint density at radius 2 is 0.636 bits per heavy atom. The zero-order valence-electron chi connectivity index (χ0n) is 24.1. The first-order valence-corrected chi connectivity index (χ1v) is 15.1. The molecule has 9 rings (SSSR count). The lowest BCUT2D eigenvalue weighted by Gasteiger charge is -2.10. The Balaban J connectivity index is 1.20. The summed E-state index contributed by atoms with van der Waals surface area (Å²) >= 11 is 0. The molecule has 206 valence electrons. The number of nitrogens with zero attached hydrogens (tertiary/aromatic N) is 2. The highest BCUT2D eigenvalue weighted by Gasteiger charge is 2.16.